The first-order valence-corrected chi connectivity index (χ1v) is 7.76. The summed E-state index contributed by atoms with van der Waals surface area (Å²) in [5.74, 6) is 2.64. The zero-order chi connectivity index (χ0) is 12.7. The smallest absolute Gasteiger partial charge is 0.0681 e. The van der Waals surface area contributed by atoms with Gasteiger partial charge in [0.15, 0.2) is 0 Å². The van der Waals surface area contributed by atoms with Crippen LogP contribution in [0.15, 0.2) is 0 Å². The number of aliphatic hydroxyl groups is 1. The van der Waals surface area contributed by atoms with E-state index in [1.807, 2.05) is 25.6 Å². The SMILES string of the molecule is CC(NCCSCC(C)(C)O)C1CCOCC1. The quantitative estimate of drug-likeness (QED) is 0.687. The second-order valence-corrected chi connectivity index (χ2v) is 6.66. The van der Waals surface area contributed by atoms with Crippen LogP contribution in [0, 0.1) is 5.92 Å². The molecule has 1 rings (SSSR count). The molecule has 4 heteroatoms. The Bertz CT molecular complexity index is 200. The van der Waals surface area contributed by atoms with Gasteiger partial charge in [0.2, 0.25) is 0 Å². The van der Waals surface area contributed by atoms with Crippen LogP contribution < -0.4 is 5.32 Å². The summed E-state index contributed by atoms with van der Waals surface area (Å²) in [6.07, 6.45) is 2.37. The van der Waals surface area contributed by atoms with Crippen molar-refractivity contribution in [1.82, 2.24) is 5.32 Å². The van der Waals surface area contributed by atoms with Crippen molar-refractivity contribution in [3.63, 3.8) is 0 Å². The Morgan fingerprint density at radius 2 is 2.06 bits per heavy atom. The molecule has 1 saturated heterocycles. The standard InChI is InChI=1S/C13H27NO2S/c1-11(12-4-7-16-8-5-12)14-6-9-17-10-13(2,3)15/h11-12,14-15H,4-10H2,1-3H3. The third kappa shape index (κ3) is 7.29. The van der Waals surface area contributed by atoms with Crippen molar-refractivity contribution in [3.05, 3.63) is 0 Å². The predicted molar refractivity (Wildman–Crippen MR) is 74.6 cm³/mol. The van der Waals surface area contributed by atoms with Crippen LogP contribution in [0.5, 0.6) is 0 Å². The first-order valence-electron chi connectivity index (χ1n) is 6.60. The maximum Gasteiger partial charge on any atom is 0.0681 e. The minimum absolute atomic E-state index is 0.545. The highest BCUT2D eigenvalue weighted by Gasteiger charge is 2.19. The molecular formula is C13H27NO2S. The normalized spacial score (nSPS) is 20.5. The Morgan fingerprint density at radius 1 is 1.41 bits per heavy atom. The number of rotatable bonds is 7. The lowest BCUT2D eigenvalue weighted by molar-refractivity contribution is 0.0562. The summed E-state index contributed by atoms with van der Waals surface area (Å²) in [5, 5.41) is 13.2. The number of ether oxygens (including phenoxy) is 1. The average Bonchev–Trinajstić information content (AvgIpc) is 2.28. The lowest BCUT2D eigenvalue weighted by Gasteiger charge is -2.28. The van der Waals surface area contributed by atoms with Crippen LogP contribution in [0.1, 0.15) is 33.6 Å². The van der Waals surface area contributed by atoms with Gasteiger partial charge in [-0.25, -0.2) is 0 Å². The predicted octanol–water partition coefficient (Wildman–Crippen LogP) is 1.90. The highest BCUT2D eigenvalue weighted by atomic mass is 32.2. The molecule has 0 radical (unpaired) electrons. The average molecular weight is 261 g/mol. The summed E-state index contributed by atoms with van der Waals surface area (Å²) in [4.78, 5) is 0. The van der Waals surface area contributed by atoms with Gasteiger partial charge in [-0.1, -0.05) is 0 Å². The molecule has 2 N–H and O–H groups in total. The number of thioether (sulfide) groups is 1. The molecule has 1 fully saturated rings. The minimum atomic E-state index is -0.545. The Kier molecular flexibility index (Phi) is 6.85. The summed E-state index contributed by atoms with van der Waals surface area (Å²) in [6.45, 7) is 8.86. The third-order valence-electron chi connectivity index (χ3n) is 3.14. The molecule has 1 atom stereocenters. The number of hydrogen-bond donors (Lipinski definition) is 2. The van der Waals surface area contributed by atoms with Crippen LogP contribution in [0.3, 0.4) is 0 Å². The molecule has 17 heavy (non-hydrogen) atoms. The number of nitrogens with one attached hydrogen (secondary N) is 1. The third-order valence-corrected chi connectivity index (χ3v) is 4.54. The topological polar surface area (TPSA) is 41.5 Å². The molecule has 1 aliphatic heterocycles. The fraction of sp³-hybridized carbons (Fsp3) is 1.00. The highest BCUT2D eigenvalue weighted by Crippen LogP contribution is 2.18. The van der Waals surface area contributed by atoms with Gasteiger partial charge in [0, 0.05) is 37.3 Å². The molecule has 102 valence electrons. The van der Waals surface area contributed by atoms with Crippen molar-refractivity contribution in [2.24, 2.45) is 5.92 Å². The molecule has 0 aliphatic carbocycles. The molecule has 0 aromatic heterocycles. The Balaban J connectivity index is 2.01. The summed E-state index contributed by atoms with van der Waals surface area (Å²) >= 11 is 1.81. The minimum Gasteiger partial charge on any atom is -0.390 e. The lowest BCUT2D eigenvalue weighted by Crippen LogP contribution is -2.38. The van der Waals surface area contributed by atoms with E-state index in [1.165, 1.54) is 12.8 Å². The van der Waals surface area contributed by atoms with Gasteiger partial charge in [0.05, 0.1) is 5.60 Å². The van der Waals surface area contributed by atoms with E-state index in [1.54, 1.807) is 0 Å². The zero-order valence-electron chi connectivity index (χ0n) is 11.4. The summed E-state index contributed by atoms with van der Waals surface area (Å²) < 4.78 is 5.37. The molecule has 0 spiro atoms. The molecule has 1 aliphatic rings. The van der Waals surface area contributed by atoms with Crippen molar-refractivity contribution in [3.8, 4) is 0 Å². The van der Waals surface area contributed by atoms with E-state index in [-0.39, 0.29) is 0 Å². The van der Waals surface area contributed by atoms with Crippen LogP contribution in [-0.2, 0) is 4.74 Å². The highest BCUT2D eigenvalue weighted by molar-refractivity contribution is 7.99. The van der Waals surface area contributed by atoms with Crippen LogP contribution in [0.2, 0.25) is 0 Å². The molecule has 0 saturated carbocycles. The molecule has 1 heterocycles. The lowest BCUT2D eigenvalue weighted by atomic mass is 9.93. The zero-order valence-corrected chi connectivity index (χ0v) is 12.2. The van der Waals surface area contributed by atoms with Crippen LogP contribution in [0.4, 0.5) is 0 Å². The van der Waals surface area contributed by atoms with Crippen molar-refractivity contribution in [2.75, 3.05) is 31.3 Å². The molecule has 0 aromatic carbocycles. The van der Waals surface area contributed by atoms with E-state index < -0.39 is 5.60 Å². The van der Waals surface area contributed by atoms with Crippen molar-refractivity contribution >= 4 is 11.8 Å². The fourth-order valence-electron chi connectivity index (χ4n) is 2.06. The van der Waals surface area contributed by atoms with Crippen LogP contribution in [-0.4, -0.2) is 48.0 Å². The van der Waals surface area contributed by atoms with Crippen LogP contribution in [0.25, 0.3) is 0 Å². The largest absolute Gasteiger partial charge is 0.390 e. The van der Waals surface area contributed by atoms with Gasteiger partial charge in [0.25, 0.3) is 0 Å². The maximum absolute atomic E-state index is 9.57. The Hall–Kier alpha value is 0.230. The van der Waals surface area contributed by atoms with Crippen LogP contribution >= 0.6 is 11.8 Å². The molecule has 3 nitrogen and oxygen atoms in total. The second kappa shape index (κ2) is 7.62. The first kappa shape index (κ1) is 15.3. The maximum atomic E-state index is 9.57. The molecule has 0 bridgehead atoms. The molecular weight excluding hydrogens is 234 g/mol. The van der Waals surface area contributed by atoms with Crippen molar-refractivity contribution < 1.29 is 9.84 Å². The van der Waals surface area contributed by atoms with Gasteiger partial charge in [0.1, 0.15) is 0 Å². The van der Waals surface area contributed by atoms with E-state index in [2.05, 4.69) is 12.2 Å². The van der Waals surface area contributed by atoms with Gasteiger partial charge in [-0.05, 0) is 39.5 Å². The number of hydrogen-bond acceptors (Lipinski definition) is 4. The summed E-state index contributed by atoms with van der Waals surface area (Å²) in [5.41, 5.74) is -0.545. The monoisotopic (exact) mass is 261 g/mol. The molecule has 1 unspecified atom stereocenters. The Labute approximate surface area is 110 Å². The summed E-state index contributed by atoms with van der Waals surface area (Å²) in [6, 6.07) is 0.585. The fourth-order valence-corrected chi connectivity index (χ4v) is 2.97. The van der Waals surface area contributed by atoms with Crippen molar-refractivity contribution in [2.45, 2.75) is 45.3 Å². The van der Waals surface area contributed by atoms with Gasteiger partial charge in [-0.15, -0.1) is 0 Å². The molecule has 0 aromatic rings. The van der Waals surface area contributed by atoms with Gasteiger partial charge in [-0.3, -0.25) is 0 Å². The van der Waals surface area contributed by atoms with E-state index in [0.29, 0.717) is 6.04 Å². The van der Waals surface area contributed by atoms with E-state index in [4.69, 9.17) is 4.74 Å². The first-order chi connectivity index (χ1) is 7.99. The van der Waals surface area contributed by atoms with E-state index in [9.17, 15) is 5.11 Å². The van der Waals surface area contributed by atoms with Gasteiger partial charge in [-0.2, -0.15) is 11.8 Å². The van der Waals surface area contributed by atoms with Gasteiger partial charge >= 0.3 is 0 Å². The molecule has 0 amide bonds. The second-order valence-electron chi connectivity index (χ2n) is 5.56. The summed E-state index contributed by atoms with van der Waals surface area (Å²) in [7, 11) is 0. The van der Waals surface area contributed by atoms with E-state index >= 15 is 0 Å². The van der Waals surface area contributed by atoms with Crippen molar-refractivity contribution in [1.29, 1.82) is 0 Å². The van der Waals surface area contributed by atoms with E-state index in [0.717, 1.165) is 37.2 Å². The van der Waals surface area contributed by atoms with Gasteiger partial charge < -0.3 is 15.2 Å². The Morgan fingerprint density at radius 3 is 2.65 bits per heavy atom.